The van der Waals surface area contributed by atoms with Crippen molar-refractivity contribution in [1.29, 1.82) is 0 Å². The van der Waals surface area contributed by atoms with Gasteiger partial charge in [0.1, 0.15) is 29.8 Å². The second-order valence-corrected chi connectivity index (χ2v) is 13.2. The van der Waals surface area contributed by atoms with Gasteiger partial charge in [-0.15, -0.1) is 0 Å². The molecule has 0 aromatic heterocycles. The van der Waals surface area contributed by atoms with Crippen LogP contribution in [0.3, 0.4) is 0 Å². The van der Waals surface area contributed by atoms with Gasteiger partial charge in [0.15, 0.2) is 0 Å². The molecule has 0 saturated carbocycles. The van der Waals surface area contributed by atoms with Crippen LogP contribution >= 0.6 is 15.9 Å². The van der Waals surface area contributed by atoms with E-state index >= 15 is 0 Å². The number of likely N-dealkylation sites (tertiary alicyclic amines) is 1. The zero-order chi connectivity index (χ0) is 32.3. The van der Waals surface area contributed by atoms with Gasteiger partial charge in [0, 0.05) is 56.8 Å². The summed E-state index contributed by atoms with van der Waals surface area (Å²) in [5.74, 6) is -3.49. The van der Waals surface area contributed by atoms with Crippen molar-refractivity contribution in [3.05, 3.63) is 58.6 Å². The summed E-state index contributed by atoms with van der Waals surface area (Å²) in [7, 11) is 0. The number of cyclic esters (lactones) is 1. The molecule has 2 N–H and O–H groups in total. The minimum Gasteiger partial charge on any atom is -0.455 e. The van der Waals surface area contributed by atoms with Gasteiger partial charge in [-0.05, 0) is 24.5 Å². The van der Waals surface area contributed by atoms with E-state index < -0.39 is 41.7 Å². The van der Waals surface area contributed by atoms with Crippen LogP contribution < -0.4 is 5.32 Å². The largest absolute Gasteiger partial charge is 0.455 e. The first-order valence-corrected chi connectivity index (χ1v) is 16.9. The van der Waals surface area contributed by atoms with Crippen molar-refractivity contribution in [3.63, 3.8) is 0 Å². The third kappa shape index (κ3) is 6.40. The number of carbonyl (C=O) groups is 4. The van der Waals surface area contributed by atoms with Gasteiger partial charge in [-0.2, -0.15) is 0 Å². The zero-order valence-electron chi connectivity index (χ0n) is 25.7. The highest BCUT2D eigenvalue weighted by Crippen LogP contribution is 2.59. The maximum absolute atomic E-state index is 14.7. The first kappa shape index (κ1) is 32.8. The summed E-state index contributed by atoms with van der Waals surface area (Å²) >= 11 is 3.58. The van der Waals surface area contributed by atoms with Crippen LogP contribution in [0.4, 0.5) is 0 Å². The van der Waals surface area contributed by atoms with Crippen LogP contribution in [0.1, 0.15) is 30.9 Å². The normalized spacial score (nSPS) is 33.1. The van der Waals surface area contributed by atoms with Crippen molar-refractivity contribution < 1.29 is 38.5 Å². The predicted molar refractivity (Wildman–Crippen MR) is 169 cm³/mol. The fourth-order valence-corrected chi connectivity index (χ4v) is 7.98. The molecule has 0 radical (unpaired) electrons. The number of benzene rings is 1. The Kier molecular flexibility index (Phi) is 10.2. The Bertz CT molecular complexity index is 1370. The topological polar surface area (TPSA) is 138 Å². The number of fused-ring (bicyclic) bond motifs is 2. The molecule has 5 bridgehead atoms. The Morgan fingerprint density at radius 3 is 2.54 bits per heavy atom. The van der Waals surface area contributed by atoms with Gasteiger partial charge in [-0.3, -0.25) is 24.1 Å². The van der Waals surface area contributed by atoms with Crippen molar-refractivity contribution in [1.82, 2.24) is 20.0 Å². The number of hydrogen-bond donors (Lipinski definition) is 2. The number of nitrogens with one attached hydrogen (secondary N) is 1. The van der Waals surface area contributed by atoms with Gasteiger partial charge in [0.25, 0.3) is 0 Å². The first-order valence-electron chi connectivity index (χ1n) is 16.1. The van der Waals surface area contributed by atoms with Crippen molar-refractivity contribution in [3.8, 4) is 0 Å². The Balaban J connectivity index is 1.37. The maximum Gasteiger partial charge on any atom is 0.313 e. The van der Waals surface area contributed by atoms with Crippen LogP contribution in [-0.4, -0.2) is 127 Å². The molecule has 46 heavy (non-hydrogen) atoms. The minimum absolute atomic E-state index is 0.0658. The van der Waals surface area contributed by atoms with Crippen LogP contribution in [0.5, 0.6) is 0 Å². The molecule has 3 fully saturated rings. The number of aliphatic hydroxyl groups excluding tert-OH is 1. The molecule has 12 nitrogen and oxygen atoms in total. The van der Waals surface area contributed by atoms with E-state index in [0.29, 0.717) is 42.8 Å². The summed E-state index contributed by atoms with van der Waals surface area (Å²) < 4.78 is 18.7. The highest BCUT2D eigenvalue weighted by Gasteiger charge is 2.74. The van der Waals surface area contributed by atoms with Gasteiger partial charge in [-0.25, -0.2) is 0 Å². The van der Waals surface area contributed by atoms with Crippen LogP contribution in [0.2, 0.25) is 0 Å². The molecule has 5 aliphatic rings. The molecule has 6 rings (SSSR count). The standard InChI is InChI=1S/C33H41BrN4O8/c34-23-20-33-27-26(28(23)46-33)32(43)45-24(22-8-3-1-4-9-22)21-35-25(40)10-5-2-6-11-37(14-13-36-15-18-44-19-16-36)31(42)29(33)38(30(27)41)12-7-17-39/h1-4,6,8-9,20,24,26-29,39H,5,7,10-19,21H2,(H,35,40)/b6-2-/t24-,26-,27+,28-,29-,33+/m1/s1. The quantitative estimate of drug-likeness (QED) is 0.317. The summed E-state index contributed by atoms with van der Waals surface area (Å²) in [6.45, 7) is 4.12. The van der Waals surface area contributed by atoms with E-state index in [1.807, 2.05) is 42.5 Å². The third-order valence-corrected chi connectivity index (χ3v) is 10.2. The number of morpholine rings is 1. The number of aliphatic hydroxyl groups is 1. The number of esters is 1. The van der Waals surface area contributed by atoms with Gasteiger partial charge in [0.2, 0.25) is 17.7 Å². The average Bonchev–Trinajstić information content (AvgIpc) is 3.66. The van der Waals surface area contributed by atoms with E-state index in [4.69, 9.17) is 14.2 Å². The van der Waals surface area contributed by atoms with E-state index in [9.17, 15) is 24.3 Å². The Morgan fingerprint density at radius 1 is 1.00 bits per heavy atom. The summed E-state index contributed by atoms with van der Waals surface area (Å²) in [6, 6.07) is 8.11. The van der Waals surface area contributed by atoms with Crippen molar-refractivity contribution in [2.75, 3.05) is 65.6 Å². The molecule has 0 unspecified atom stereocenters. The number of ether oxygens (including phenoxy) is 3. The molecule has 1 aromatic rings. The lowest BCUT2D eigenvalue weighted by molar-refractivity contribution is -0.159. The summed E-state index contributed by atoms with van der Waals surface area (Å²) in [6.07, 6.45) is 4.92. The SMILES string of the molecule is O=C1CC/C=C\CN(CCN2CCOCC2)C(=O)[C@H]2N(CCCO)C(=O)[C@@H]3[C@@H](C(=O)O[C@@H](c4ccccc4)CN1)[C@@H]1O[C@@]32C=C1Br. The zero-order valence-corrected chi connectivity index (χ0v) is 27.3. The maximum atomic E-state index is 14.7. The Morgan fingerprint density at radius 2 is 1.78 bits per heavy atom. The van der Waals surface area contributed by atoms with E-state index in [2.05, 4.69) is 26.1 Å². The van der Waals surface area contributed by atoms with Crippen molar-refractivity contribution in [2.45, 2.75) is 43.1 Å². The van der Waals surface area contributed by atoms with Crippen LogP contribution in [0.25, 0.3) is 0 Å². The Labute approximate surface area is 276 Å². The van der Waals surface area contributed by atoms with E-state index in [0.717, 1.165) is 13.1 Å². The number of nitrogens with zero attached hydrogens (tertiary/aromatic N) is 3. The second kappa shape index (κ2) is 14.3. The molecule has 6 atom stereocenters. The molecule has 5 heterocycles. The highest BCUT2D eigenvalue weighted by atomic mass is 79.9. The molecule has 5 aliphatic heterocycles. The molecular formula is C33H41BrN4O8. The number of hydrogen-bond acceptors (Lipinski definition) is 9. The highest BCUT2D eigenvalue weighted by molar-refractivity contribution is 9.11. The van der Waals surface area contributed by atoms with Gasteiger partial charge in [0.05, 0.1) is 25.7 Å². The molecule has 248 valence electrons. The molecular weight excluding hydrogens is 660 g/mol. The van der Waals surface area contributed by atoms with Gasteiger partial charge in [-0.1, -0.05) is 58.4 Å². The first-order chi connectivity index (χ1) is 22.3. The summed E-state index contributed by atoms with van der Waals surface area (Å²) in [5, 5.41) is 12.6. The molecule has 1 aromatic carbocycles. The third-order valence-electron chi connectivity index (χ3n) is 9.54. The predicted octanol–water partition coefficient (Wildman–Crippen LogP) is 1.15. The number of amides is 3. The van der Waals surface area contributed by atoms with Gasteiger partial charge >= 0.3 is 5.97 Å². The lowest BCUT2D eigenvalue weighted by Gasteiger charge is -2.37. The number of carbonyl (C=O) groups excluding carboxylic acids is 4. The fraction of sp³-hybridized carbons (Fsp3) is 0.576. The van der Waals surface area contributed by atoms with Crippen LogP contribution in [0.15, 0.2) is 53.0 Å². The van der Waals surface area contributed by atoms with Crippen LogP contribution in [-0.2, 0) is 33.4 Å². The number of rotatable bonds is 7. The smallest absolute Gasteiger partial charge is 0.313 e. The van der Waals surface area contributed by atoms with Crippen LogP contribution in [0, 0.1) is 11.8 Å². The minimum atomic E-state index is -1.39. The molecule has 3 saturated heterocycles. The molecule has 13 heteroatoms. The number of halogens is 1. The molecule has 1 spiro atoms. The van der Waals surface area contributed by atoms with Crippen molar-refractivity contribution in [2.24, 2.45) is 11.8 Å². The summed E-state index contributed by atoms with van der Waals surface area (Å²) in [4.78, 5) is 61.3. The molecule has 0 aliphatic carbocycles. The van der Waals surface area contributed by atoms with E-state index in [1.165, 1.54) is 4.90 Å². The lowest BCUT2D eigenvalue weighted by Crippen LogP contribution is -2.57. The average molecular weight is 702 g/mol. The Hall–Kier alpha value is -3.10. The van der Waals surface area contributed by atoms with Crippen molar-refractivity contribution >= 4 is 39.6 Å². The fourth-order valence-electron chi connectivity index (χ4n) is 7.24. The van der Waals surface area contributed by atoms with E-state index in [1.54, 1.807) is 11.0 Å². The second-order valence-electron chi connectivity index (χ2n) is 12.3. The lowest BCUT2D eigenvalue weighted by atomic mass is 9.74. The molecule has 3 amide bonds. The van der Waals surface area contributed by atoms with Gasteiger partial charge < -0.3 is 34.4 Å². The number of allylic oxidation sites excluding steroid dienone is 1. The van der Waals surface area contributed by atoms with E-state index in [-0.39, 0.29) is 56.8 Å². The summed E-state index contributed by atoms with van der Waals surface area (Å²) in [5.41, 5.74) is -0.684. The monoisotopic (exact) mass is 700 g/mol.